The molecule has 0 bridgehead atoms. The number of aryl methyl sites for hydroxylation is 2. The molecule has 0 spiro atoms. The van der Waals surface area contributed by atoms with Crippen LogP contribution in [0, 0.1) is 6.92 Å². The van der Waals surface area contributed by atoms with Crippen molar-refractivity contribution in [2.75, 3.05) is 6.54 Å². The van der Waals surface area contributed by atoms with Crippen LogP contribution in [0.3, 0.4) is 0 Å². The highest BCUT2D eigenvalue weighted by Crippen LogP contribution is 2.43. The Morgan fingerprint density at radius 3 is 2.85 bits per heavy atom. The Hall–Kier alpha value is -1.28. The fourth-order valence-electron chi connectivity index (χ4n) is 4.36. The zero-order valence-electron chi connectivity index (χ0n) is 12.8. The molecular weight excluding hydrogens is 244 g/mol. The van der Waals surface area contributed by atoms with E-state index in [2.05, 4.69) is 48.4 Å². The number of aromatic nitrogens is 1. The topological polar surface area (TPSA) is 8.17 Å². The van der Waals surface area contributed by atoms with Gasteiger partial charge in [-0.3, -0.25) is 4.90 Å². The molecule has 0 N–H and O–H groups in total. The van der Waals surface area contributed by atoms with E-state index in [0.717, 1.165) is 6.54 Å². The van der Waals surface area contributed by atoms with Crippen molar-refractivity contribution in [3.63, 3.8) is 0 Å². The molecule has 0 saturated heterocycles. The summed E-state index contributed by atoms with van der Waals surface area (Å²) < 4.78 is 2.62. The second-order valence-corrected chi connectivity index (χ2v) is 6.78. The summed E-state index contributed by atoms with van der Waals surface area (Å²) in [7, 11) is 0. The van der Waals surface area contributed by atoms with Gasteiger partial charge >= 0.3 is 0 Å². The maximum Gasteiger partial charge on any atom is 0.0507 e. The zero-order chi connectivity index (χ0) is 13.9. The van der Waals surface area contributed by atoms with Crippen molar-refractivity contribution >= 4 is 10.9 Å². The van der Waals surface area contributed by atoms with Crippen LogP contribution in [0.15, 0.2) is 18.2 Å². The summed E-state index contributed by atoms with van der Waals surface area (Å²) >= 11 is 0. The third kappa shape index (κ3) is 1.61. The van der Waals surface area contributed by atoms with Gasteiger partial charge in [0.2, 0.25) is 0 Å². The summed E-state index contributed by atoms with van der Waals surface area (Å²) in [4.78, 5) is 2.71. The average molecular weight is 268 g/mol. The standard InChI is InChI=1S/C18H24N2/c1-12(2)19-9-10-20-16-8-7-13(3)11-15(16)14-5-4-6-17(19)18(14)20/h7-8,11-12,17H,4-6,9-10H2,1-3H3. The van der Waals surface area contributed by atoms with E-state index >= 15 is 0 Å². The van der Waals surface area contributed by atoms with Gasteiger partial charge in [0.1, 0.15) is 0 Å². The van der Waals surface area contributed by atoms with Crippen molar-refractivity contribution in [1.82, 2.24) is 9.47 Å². The number of nitrogens with zero attached hydrogens (tertiary/aromatic N) is 2. The van der Waals surface area contributed by atoms with E-state index in [-0.39, 0.29) is 0 Å². The number of benzene rings is 1. The number of hydrogen-bond donors (Lipinski definition) is 0. The number of fused-ring (bicyclic) bond motifs is 3. The highest BCUT2D eigenvalue weighted by molar-refractivity contribution is 5.87. The van der Waals surface area contributed by atoms with Gasteiger partial charge < -0.3 is 4.57 Å². The monoisotopic (exact) mass is 268 g/mol. The predicted octanol–water partition coefficient (Wildman–Crippen LogP) is 4.05. The van der Waals surface area contributed by atoms with Crippen LogP contribution in [0.1, 0.15) is 49.6 Å². The molecule has 106 valence electrons. The molecule has 1 aromatic carbocycles. The predicted molar refractivity (Wildman–Crippen MR) is 84.2 cm³/mol. The fourth-order valence-corrected chi connectivity index (χ4v) is 4.36. The maximum atomic E-state index is 2.71. The Labute approximate surface area is 121 Å². The summed E-state index contributed by atoms with van der Waals surface area (Å²) in [5, 5.41) is 1.52. The van der Waals surface area contributed by atoms with E-state index in [4.69, 9.17) is 0 Å². The Morgan fingerprint density at radius 2 is 2.05 bits per heavy atom. The summed E-state index contributed by atoms with van der Waals surface area (Å²) in [6.07, 6.45) is 3.94. The van der Waals surface area contributed by atoms with Crippen LogP contribution >= 0.6 is 0 Å². The first-order valence-electron chi connectivity index (χ1n) is 8.04. The summed E-state index contributed by atoms with van der Waals surface area (Å²) in [6, 6.07) is 8.31. The SMILES string of the molecule is Cc1ccc2c(c1)c1c3n2CCN(C(C)C)C3CCC1. The third-order valence-corrected chi connectivity index (χ3v) is 5.23. The molecule has 1 unspecified atom stereocenters. The van der Waals surface area contributed by atoms with Gasteiger partial charge in [-0.1, -0.05) is 11.6 Å². The van der Waals surface area contributed by atoms with Crippen LogP contribution in [-0.2, 0) is 13.0 Å². The molecule has 20 heavy (non-hydrogen) atoms. The number of rotatable bonds is 1. The first-order chi connectivity index (χ1) is 9.66. The second-order valence-electron chi connectivity index (χ2n) is 6.78. The molecule has 2 nitrogen and oxygen atoms in total. The van der Waals surface area contributed by atoms with Gasteiger partial charge in [0.15, 0.2) is 0 Å². The first kappa shape index (κ1) is 12.5. The first-order valence-corrected chi connectivity index (χ1v) is 8.04. The lowest BCUT2D eigenvalue weighted by Gasteiger charge is -2.42. The van der Waals surface area contributed by atoms with Gasteiger partial charge in [-0.15, -0.1) is 0 Å². The molecular formula is C18H24N2. The smallest absolute Gasteiger partial charge is 0.0507 e. The molecule has 2 heteroatoms. The van der Waals surface area contributed by atoms with Crippen LogP contribution in [0.2, 0.25) is 0 Å². The van der Waals surface area contributed by atoms with Gasteiger partial charge in [-0.2, -0.15) is 0 Å². The van der Waals surface area contributed by atoms with E-state index in [1.54, 1.807) is 11.3 Å². The van der Waals surface area contributed by atoms with E-state index < -0.39 is 0 Å². The highest BCUT2D eigenvalue weighted by Gasteiger charge is 2.35. The summed E-state index contributed by atoms with van der Waals surface area (Å²) in [6.45, 7) is 9.26. The van der Waals surface area contributed by atoms with Crippen molar-refractivity contribution in [1.29, 1.82) is 0 Å². The largest absolute Gasteiger partial charge is 0.342 e. The fraction of sp³-hybridized carbons (Fsp3) is 0.556. The minimum Gasteiger partial charge on any atom is -0.342 e. The van der Waals surface area contributed by atoms with Crippen molar-refractivity contribution in [3.8, 4) is 0 Å². The Bertz CT molecular complexity index is 666. The quantitative estimate of drug-likeness (QED) is 0.757. The van der Waals surface area contributed by atoms with Crippen molar-refractivity contribution in [2.24, 2.45) is 0 Å². The van der Waals surface area contributed by atoms with Crippen molar-refractivity contribution in [2.45, 2.75) is 58.7 Å². The molecule has 0 saturated carbocycles. The van der Waals surface area contributed by atoms with E-state index in [0.29, 0.717) is 12.1 Å². The molecule has 0 radical (unpaired) electrons. The van der Waals surface area contributed by atoms with Crippen LogP contribution in [0.4, 0.5) is 0 Å². The Balaban J connectivity index is 1.98. The Kier molecular flexibility index (Phi) is 2.71. The molecule has 1 atom stereocenters. The molecule has 0 amide bonds. The molecule has 4 rings (SSSR count). The minimum atomic E-state index is 0.652. The van der Waals surface area contributed by atoms with Crippen LogP contribution in [0.25, 0.3) is 10.9 Å². The zero-order valence-corrected chi connectivity index (χ0v) is 12.8. The van der Waals surface area contributed by atoms with Crippen molar-refractivity contribution < 1.29 is 0 Å². The lowest BCUT2D eigenvalue weighted by Crippen LogP contribution is -2.43. The maximum absolute atomic E-state index is 2.71. The lowest BCUT2D eigenvalue weighted by molar-refractivity contribution is 0.106. The molecule has 2 aliphatic rings. The average Bonchev–Trinajstić information content (AvgIpc) is 2.75. The normalized spacial score (nSPS) is 22.5. The van der Waals surface area contributed by atoms with Gasteiger partial charge in [0.05, 0.1) is 6.04 Å². The van der Waals surface area contributed by atoms with E-state index in [9.17, 15) is 0 Å². The third-order valence-electron chi connectivity index (χ3n) is 5.23. The van der Waals surface area contributed by atoms with E-state index in [1.165, 1.54) is 42.3 Å². The van der Waals surface area contributed by atoms with Gasteiger partial charge in [-0.25, -0.2) is 0 Å². The molecule has 1 aliphatic carbocycles. The van der Waals surface area contributed by atoms with Crippen LogP contribution < -0.4 is 0 Å². The van der Waals surface area contributed by atoms with Crippen LogP contribution in [0.5, 0.6) is 0 Å². The summed E-state index contributed by atoms with van der Waals surface area (Å²) in [5.41, 5.74) is 6.14. The van der Waals surface area contributed by atoms with Gasteiger partial charge in [-0.05, 0) is 57.7 Å². The molecule has 2 heterocycles. The molecule has 2 aromatic rings. The van der Waals surface area contributed by atoms with Gasteiger partial charge in [0.25, 0.3) is 0 Å². The summed E-state index contributed by atoms with van der Waals surface area (Å²) in [5.74, 6) is 0. The second kappa shape index (κ2) is 4.36. The minimum absolute atomic E-state index is 0.652. The van der Waals surface area contributed by atoms with Crippen molar-refractivity contribution in [3.05, 3.63) is 35.0 Å². The van der Waals surface area contributed by atoms with Crippen LogP contribution in [-0.4, -0.2) is 22.1 Å². The molecule has 1 aromatic heterocycles. The molecule has 0 fully saturated rings. The van der Waals surface area contributed by atoms with Gasteiger partial charge in [0, 0.05) is 35.7 Å². The lowest BCUT2D eigenvalue weighted by atomic mass is 9.89. The van der Waals surface area contributed by atoms with E-state index in [1.807, 2.05) is 0 Å². The molecule has 1 aliphatic heterocycles. The number of hydrogen-bond acceptors (Lipinski definition) is 1. The highest BCUT2D eigenvalue weighted by atomic mass is 15.3. The Morgan fingerprint density at radius 1 is 1.20 bits per heavy atom.